The number of sulfonamides is 1. The van der Waals surface area contributed by atoms with E-state index in [4.69, 9.17) is 4.74 Å². The Labute approximate surface area is 156 Å². The number of carbonyl (C=O) groups is 1. The monoisotopic (exact) mass is 380 g/mol. The molecule has 0 radical (unpaired) electrons. The van der Waals surface area contributed by atoms with Gasteiger partial charge in [0.25, 0.3) is 5.91 Å². The number of hydrogen-bond acceptors (Lipinski definition) is 4. The van der Waals surface area contributed by atoms with Crippen molar-refractivity contribution in [3.05, 3.63) is 29.8 Å². The third kappa shape index (κ3) is 4.27. The number of fused-ring (bicyclic) bond motifs is 1. The van der Waals surface area contributed by atoms with E-state index in [9.17, 15) is 13.2 Å². The van der Waals surface area contributed by atoms with Gasteiger partial charge >= 0.3 is 0 Å². The molecule has 144 valence electrons. The molecule has 0 spiro atoms. The molecule has 1 saturated heterocycles. The third-order valence-corrected chi connectivity index (χ3v) is 6.99. The zero-order valence-corrected chi connectivity index (χ0v) is 16.1. The number of nitrogens with one attached hydrogen (secondary N) is 1. The highest BCUT2D eigenvalue weighted by molar-refractivity contribution is 7.89. The molecule has 2 unspecified atom stereocenters. The summed E-state index contributed by atoms with van der Waals surface area (Å²) in [6.07, 6.45) is 7.05. The Kier molecular flexibility index (Phi) is 6.32. The molecule has 1 saturated carbocycles. The van der Waals surface area contributed by atoms with Crippen LogP contribution in [0.25, 0.3) is 0 Å². The molecule has 0 bridgehead atoms. The minimum Gasteiger partial charge on any atom is -0.383 e. The molecule has 1 aliphatic heterocycles. The average Bonchev–Trinajstić information content (AvgIpc) is 2.67. The van der Waals surface area contributed by atoms with E-state index < -0.39 is 10.0 Å². The van der Waals surface area contributed by atoms with Crippen LogP contribution in [0.2, 0.25) is 0 Å². The highest BCUT2D eigenvalue weighted by Gasteiger charge is 2.35. The van der Waals surface area contributed by atoms with Crippen molar-refractivity contribution in [3.8, 4) is 0 Å². The standard InChI is InChI=1S/C19H28N2O4S/c1-25-14-12-20-26(23,24)17-10-8-16(9-11-17)19(22)21-13-4-6-15-5-2-3-7-18(15)21/h8-11,15,18,20H,2-7,12-14H2,1H3. The van der Waals surface area contributed by atoms with E-state index in [1.807, 2.05) is 4.90 Å². The largest absolute Gasteiger partial charge is 0.383 e. The minimum atomic E-state index is -3.57. The summed E-state index contributed by atoms with van der Waals surface area (Å²) in [5.74, 6) is 0.656. The van der Waals surface area contributed by atoms with Gasteiger partial charge in [-0.1, -0.05) is 12.8 Å². The van der Waals surface area contributed by atoms with Crippen LogP contribution in [0, 0.1) is 5.92 Å². The molecule has 3 rings (SSSR count). The summed E-state index contributed by atoms with van der Waals surface area (Å²) in [5.41, 5.74) is 0.562. The molecular weight excluding hydrogens is 352 g/mol. The summed E-state index contributed by atoms with van der Waals surface area (Å²) in [5, 5.41) is 0. The van der Waals surface area contributed by atoms with Crippen LogP contribution in [0.1, 0.15) is 48.9 Å². The Balaban J connectivity index is 1.70. The van der Waals surface area contributed by atoms with Crippen LogP contribution in [0.15, 0.2) is 29.2 Å². The van der Waals surface area contributed by atoms with Crippen LogP contribution in [-0.4, -0.2) is 52.1 Å². The SMILES string of the molecule is COCCNS(=O)(=O)c1ccc(C(=O)N2CCCC3CCCCC32)cc1. The number of methoxy groups -OCH3 is 1. The Morgan fingerprint density at radius 3 is 2.58 bits per heavy atom. The van der Waals surface area contributed by atoms with Gasteiger partial charge in [0.2, 0.25) is 10.0 Å². The summed E-state index contributed by atoms with van der Waals surface area (Å²) in [6.45, 7) is 1.34. The molecule has 2 atom stereocenters. The zero-order valence-electron chi connectivity index (χ0n) is 15.3. The molecule has 1 aromatic carbocycles. The second-order valence-electron chi connectivity index (χ2n) is 7.17. The van der Waals surface area contributed by atoms with Crippen molar-refractivity contribution in [2.24, 2.45) is 5.92 Å². The lowest BCUT2D eigenvalue weighted by atomic mass is 9.78. The zero-order chi connectivity index (χ0) is 18.6. The highest BCUT2D eigenvalue weighted by Crippen LogP contribution is 2.35. The second-order valence-corrected chi connectivity index (χ2v) is 8.93. The number of ether oxygens (including phenoxy) is 1. The first kappa shape index (κ1) is 19.3. The van der Waals surface area contributed by atoms with Crippen molar-refractivity contribution in [2.45, 2.75) is 49.5 Å². The lowest BCUT2D eigenvalue weighted by Crippen LogP contribution is -2.49. The van der Waals surface area contributed by atoms with E-state index in [1.54, 1.807) is 12.1 Å². The van der Waals surface area contributed by atoms with Gasteiger partial charge in [-0.3, -0.25) is 4.79 Å². The number of nitrogens with zero attached hydrogens (tertiary/aromatic N) is 1. The van der Waals surface area contributed by atoms with E-state index in [1.165, 1.54) is 44.9 Å². The molecule has 1 amide bonds. The van der Waals surface area contributed by atoms with E-state index in [0.29, 0.717) is 24.1 Å². The maximum atomic E-state index is 13.0. The lowest BCUT2D eigenvalue weighted by Gasteiger charge is -2.44. The summed E-state index contributed by atoms with van der Waals surface area (Å²) in [6, 6.07) is 6.61. The fourth-order valence-electron chi connectivity index (χ4n) is 4.18. The van der Waals surface area contributed by atoms with Crippen LogP contribution < -0.4 is 4.72 Å². The van der Waals surface area contributed by atoms with Gasteiger partial charge in [-0.05, 0) is 55.9 Å². The summed E-state index contributed by atoms with van der Waals surface area (Å²) in [7, 11) is -2.05. The summed E-state index contributed by atoms with van der Waals surface area (Å²) < 4.78 is 31.8. The Bertz CT molecular complexity index is 716. The molecule has 7 heteroatoms. The smallest absolute Gasteiger partial charge is 0.254 e. The molecular formula is C19H28N2O4S. The molecule has 1 heterocycles. The van der Waals surface area contributed by atoms with Crippen LogP contribution in [0.3, 0.4) is 0 Å². The van der Waals surface area contributed by atoms with Gasteiger partial charge in [0.15, 0.2) is 0 Å². The minimum absolute atomic E-state index is 0.0258. The Hall–Kier alpha value is -1.44. The van der Waals surface area contributed by atoms with Gasteiger partial charge < -0.3 is 9.64 Å². The fourth-order valence-corrected chi connectivity index (χ4v) is 5.19. The maximum Gasteiger partial charge on any atom is 0.254 e. The fraction of sp³-hybridized carbons (Fsp3) is 0.632. The number of piperidine rings is 1. The first-order valence-electron chi connectivity index (χ1n) is 9.42. The molecule has 2 aliphatic rings. The predicted octanol–water partition coefficient (Wildman–Crippen LogP) is 2.41. The van der Waals surface area contributed by atoms with Crippen molar-refractivity contribution in [1.29, 1.82) is 0 Å². The van der Waals surface area contributed by atoms with E-state index in [-0.39, 0.29) is 17.3 Å². The molecule has 26 heavy (non-hydrogen) atoms. The van der Waals surface area contributed by atoms with Crippen molar-refractivity contribution in [2.75, 3.05) is 26.8 Å². The van der Waals surface area contributed by atoms with E-state index in [2.05, 4.69) is 4.72 Å². The van der Waals surface area contributed by atoms with Gasteiger partial charge in [-0.2, -0.15) is 0 Å². The quantitative estimate of drug-likeness (QED) is 0.769. The topological polar surface area (TPSA) is 75.7 Å². The van der Waals surface area contributed by atoms with Crippen LogP contribution in [-0.2, 0) is 14.8 Å². The van der Waals surface area contributed by atoms with Crippen molar-refractivity contribution in [1.82, 2.24) is 9.62 Å². The number of hydrogen-bond donors (Lipinski definition) is 1. The summed E-state index contributed by atoms with van der Waals surface area (Å²) >= 11 is 0. The van der Waals surface area contributed by atoms with E-state index >= 15 is 0 Å². The van der Waals surface area contributed by atoms with Crippen molar-refractivity contribution < 1.29 is 17.9 Å². The molecule has 6 nitrogen and oxygen atoms in total. The number of rotatable bonds is 6. The number of likely N-dealkylation sites (tertiary alicyclic amines) is 1. The van der Waals surface area contributed by atoms with Gasteiger partial charge in [0.05, 0.1) is 11.5 Å². The summed E-state index contributed by atoms with van der Waals surface area (Å²) in [4.78, 5) is 15.2. The van der Waals surface area contributed by atoms with Gasteiger partial charge in [-0.25, -0.2) is 13.1 Å². The van der Waals surface area contributed by atoms with Gasteiger partial charge in [-0.15, -0.1) is 0 Å². The first-order valence-corrected chi connectivity index (χ1v) is 10.9. The van der Waals surface area contributed by atoms with Gasteiger partial charge in [0.1, 0.15) is 0 Å². The van der Waals surface area contributed by atoms with Crippen LogP contribution in [0.4, 0.5) is 0 Å². The molecule has 0 aromatic heterocycles. The molecule has 1 aromatic rings. The van der Waals surface area contributed by atoms with Crippen molar-refractivity contribution >= 4 is 15.9 Å². The molecule has 1 N–H and O–H groups in total. The Morgan fingerprint density at radius 2 is 1.85 bits per heavy atom. The predicted molar refractivity (Wildman–Crippen MR) is 99.5 cm³/mol. The number of benzene rings is 1. The first-order chi connectivity index (χ1) is 12.5. The lowest BCUT2D eigenvalue weighted by molar-refractivity contribution is 0.0390. The Morgan fingerprint density at radius 1 is 1.15 bits per heavy atom. The number of carbonyl (C=O) groups excluding carboxylic acids is 1. The number of amides is 1. The van der Waals surface area contributed by atoms with Crippen LogP contribution >= 0.6 is 0 Å². The maximum absolute atomic E-state index is 13.0. The second kappa shape index (κ2) is 8.50. The van der Waals surface area contributed by atoms with Crippen molar-refractivity contribution in [3.63, 3.8) is 0 Å². The third-order valence-electron chi connectivity index (χ3n) is 5.51. The molecule has 1 aliphatic carbocycles. The highest BCUT2D eigenvalue weighted by atomic mass is 32.2. The normalized spacial score (nSPS) is 23.5. The van der Waals surface area contributed by atoms with Gasteiger partial charge in [0, 0.05) is 31.8 Å². The molecule has 2 fully saturated rings. The van der Waals surface area contributed by atoms with E-state index in [0.717, 1.165) is 19.4 Å². The average molecular weight is 381 g/mol. The van der Waals surface area contributed by atoms with Crippen LogP contribution in [0.5, 0.6) is 0 Å².